The fourth-order valence-corrected chi connectivity index (χ4v) is 5.63. The molecule has 0 spiro atoms. The molecule has 7 nitrogen and oxygen atoms in total. The molecule has 0 bridgehead atoms. The van der Waals surface area contributed by atoms with Gasteiger partial charge in [0.05, 0.1) is 0 Å². The Bertz CT molecular complexity index is 1010. The SMILES string of the molecule is O=C(O)C1(NS(=O)(=O)N2CCN(c3cccc(Cl)c3)CC2)CC1c1ccccc1. The van der Waals surface area contributed by atoms with Gasteiger partial charge in [-0.1, -0.05) is 48.0 Å². The molecule has 2 aromatic carbocycles. The Labute approximate surface area is 175 Å². The van der Waals surface area contributed by atoms with Crippen LogP contribution in [0, 0.1) is 0 Å². The summed E-state index contributed by atoms with van der Waals surface area (Å²) in [5.74, 6) is -1.52. The van der Waals surface area contributed by atoms with Gasteiger partial charge in [0, 0.05) is 42.8 Å². The lowest BCUT2D eigenvalue weighted by Gasteiger charge is -2.36. The van der Waals surface area contributed by atoms with Crippen molar-refractivity contribution in [3.05, 3.63) is 65.2 Å². The van der Waals surface area contributed by atoms with Crippen LogP contribution in [0.4, 0.5) is 5.69 Å². The molecule has 29 heavy (non-hydrogen) atoms. The monoisotopic (exact) mass is 435 g/mol. The van der Waals surface area contributed by atoms with Crippen LogP contribution in [0.5, 0.6) is 0 Å². The highest BCUT2D eigenvalue weighted by Gasteiger charge is 2.63. The number of carboxylic acid groups (broad SMARTS) is 1. The highest BCUT2D eigenvalue weighted by molar-refractivity contribution is 7.87. The number of halogens is 1. The zero-order valence-corrected chi connectivity index (χ0v) is 17.2. The number of benzene rings is 2. The molecular weight excluding hydrogens is 414 g/mol. The van der Waals surface area contributed by atoms with Gasteiger partial charge in [-0.25, -0.2) is 0 Å². The molecule has 0 aromatic heterocycles. The number of hydrogen-bond donors (Lipinski definition) is 2. The first-order valence-corrected chi connectivity index (χ1v) is 11.2. The Hall–Kier alpha value is -2.13. The highest BCUT2D eigenvalue weighted by Crippen LogP contribution is 2.52. The molecule has 2 aromatic rings. The summed E-state index contributed by atoms with van der Waals surface area (Å²) in [6.07, 6.45) is 0.244. The Morgan fingerprint density at radius 3 is 2.38 bits per heavy atom. The van der Waals surface area contributed by atoms with E-state index >= 15 is 0 Å². The number of hydrogen-bond acceptors (Lipinski definition) is 4. The van der Waals surface area contributed by atoms with Crippen LogP contribution in [0.2, 0.25) is 5.02 Å². The second-order valence-corrected chi connectivity index (χ2v) is 9.52. The molecule has 9 heteroatoms. The molecule has 4 rings (SSSR count). The Morgan fingerprint density at radius 2 is 1.76 bits per heavy atom. The van der Waals surface area contributed by atoms with Gasteiger partial charge in [0.15, 0.2) is 0 Å². The van der Waals surface area contributed by atoms with Gasteiger partial charge in [-0.15, -0.1) is 0 Å². The van der Waals surface area contributed by atoms with Crippen molar-refractivity contribution in [3.63, 3.8) is 0 Å². The molecule has 2 unspecified atom stereocenters. The van der Waals surface area contributed by atoms with Crippen molar-refractivity contribution in [2.45, 2.75) is 17.9 Å². The fraction of sp³-hybridized carbons (Fsp3) is 0.350. The van der Waals surface area contributed by atoms with E-state index in [-0.39, 0.29) is 25.4 Å². The maximum Gasteiger partial charge on any atom is 0.325 e. The fourth-order valence-electron chi connectivity index (χ4n) is 3.90. The molecular formula is C20H22ClN3O4S. The number of nitrogens with one attached hydrogen (secondary N) is 1. The van der Waals surface area contributed by atoms with E-state index in [1.807, 2.05) is 48.5 Å². The molecule has 1 heterocycles. The van der Waals surface area contributed by atoms with Crippen LogP contribution in [0.25, 0.3) is 0 Å². The van der Waals surface area contributed by atoms with E-state index in [2.05, 4.69) is 9.62 Å². The normalized spacial score (nSPS) is 25.0. The largest absolute Gasteiger partial charge is 0.480 e. The van der Waals surface area contributed by atoms with E-state index in [1.54, 1.807) is 6.07 Å². The first kappa shape index (κ1) is 20.2. The van der Waals surface area contributed by atoms with E-state index in [0.717, 1.165) is 11.3 Å². The molecule has 1 aliphatic heterocycles. The van der Waals surface area contributed by atoms with Crippen molar-refractivity contribution < 1.29 is 18.3 Å². The van der Waals surface area contributed by atoms with Crippen molar-refractivity contribution in [2.75, 3.05) is 31.1 Å². The molecule has 0 radical (unpaired) electrons. The number of aliphatic carboxylic acids is 1. The van der Waals surface area contributed by atoms with Gasteiger partial charge in [0.1, 0.15) is 5.54 Å². The van der Waals surface area contributed by atoms with Crippen LogP contribution >= 0.6 is 11.6 Å². The van der Waals surface area contributed by atoms with Gasteiger partial charge < -0.3 is 10.0 Å². The van der Waals surface area contributed by atoms with Gasteiger partial charge in [0.25, 0.3) is 10.2 Å². The Balaban J connectivity index is 1.45. The third-order valence-corrected chi connectivity index (χ3v) is 7.51. The third kappa shape index (κ3) is 3.98. The average Bonchev–Trinajstić information content (AvgIpc) is 3.44. The number of anilines is 1. The minimum atomic E-state index is -3.93. The lowest BCUT2D eigenvalue weighted by atomic mass is 10.1. The van der Waals surface area contributed by atoms with Gasteiger partial charge in [-0.05, 0) is 30.2 Å². The lowest BCUT2D eigenvalue weighted by molar-refractivity contribution is -0.140. The summed E-state index contributed by atoms with van der Waals surface area (Å²) < 4.78 is 29.7. The highest BCUT2D eigenvalue weighted by atomic mass is 35.5. The van der Waals surface area contributed by atoms with E-state index < -0.39 is 21.7 Å². The summed E-state index contributed by atoms with van der Waals surface area (Å²) in [5.41, 5.74) is 0.281. The average molecular weight is 436 g/mol. The maximum atomic E-state index is 12.9. The van der Waals surface area contributed by atoms with Crippen LogP contribution in [0.15, 0.2) is 54.6 Å². The molecule has 1 saturated carbocycles. The second-order valence-electron chi connectivity index (χ2n) is 7.42. The summed E-state index contributed by atoms with van der Waals surface area (Å²) >= 11 is 6.04. The third-order valence-electron chi connectivity index (χ3n) is 5.61. The molecule has 2 aliphatic rings. The molecule has 2 N–H and O–H groups in total. The summed E-state index contributed by atoms with van der Waals surface area (Å²) in [5, 5.41) is 10.4. The van der Waals surface area contributed by atoms with Crippen molar-refractivity contribution in [1.82, 2.24) is 9.03 Å². The van der Waals surface area contributed by atoms with E-state index in [0.29, 0.717) is 18.1 Å². The quantitative estimate of drug-likeness (QED) is 0.726. The smallest absolute Gasteiger partial charge is 0.325 e. The second kappa shape index (κ2) is 7.60. The number of rotatable bonds is 6. The number of piperazine rings is 1. The summed E-state index contributed by atoms with van der Waals surface area (Å²) in [6, 6.07) is 16.6. The minimum Gasteiger partial charge on any atom is -0.480 e. The Morgan fingerprint density at radius 1 is 1.07 bits per heavy atom. The number of carbonyl (C=O) groups is 1. The minimum absolute atomic E-state index is 0.244. The first-order chi connectivity index (χ1) is 13.8. The molecule has 2 fully saturated rings. The van der Waals surface area contributed by atoms with Crippen LogP contribution in [0.1, 0.15) is 17.9 Å². The molecule has 2 atom stereocenters. The molecule has 1 saturated heterocycles. The van der Waals surface area contributed by atoms with Crippen molar-refractivity contribution >= 4 is 33.5 Å². The summed E-state index contributed by atoms with van der Waals surface area (Å²) in [7, 11) is -3.93. The molecule has 1 aliphatic carbocycles. The molecule has 154 valence electrons. The first-order valence-electron chi connectivity index (χ1n) is 9.40. The predicted molar refractivity (Wildman–Crippen MR) is 111 cm³/mol. The Kier molecular flexibility index (Phi) is 5.29. The number of carboxylic acids is 1. The zero-order chi connectivity index (χ0) is 20.6. The van der Waals surface area contributed by atoms with E-state index in [9.17, 15) is 18.3 Å². The van der Waals surface area contributed by atoms with Gasteiger partial charge in [-0.2, -0.15) is 17.4 Å². The zero-order valence-electron chi connectivity index (χ0n) is 15.7. The van der Waals surface area contributed by atoms with Gasteiger partial charge in [0.2, 0.25) is 0 Å². The van der Waals surface area contributed by atoms with Crippen molar-refractivity contribution in [1.29, 1.82) is 0 Å². The lowest BCUT2D eigenvalue weighted by Crippen LogP contribution is -2.56. The van der Waals surface area contributed by atoms with Crippen LogP contribution < -0.4 is 9.62 Å². The summed E-state index contributed by atoms with van der Waals surface area (Å²) in [4.78, 5) is 14.0. The van der Waals surface area contributed by atoms with E-state index in [1.165, 1.54) is 4.31 Å². The van der Waals surface area contributed by atoms with Crippen molar-refractivity contribution in [2.24, 2.45) is 0 Å². The standard InChI is InChI=1S/C20H22ClN3O4S/c21-16-7-4-8-17(13-16)23-9-11-24(12-10-23)29(27,28)22-20(19(25)26)14-18(20)15-5-2-1-3-6-15/h1-8,13,18,22H,9-12,14H2,(H,25,26). The van der Waals surface area contributed by atoms with Gasteiger partial charge in [-0.3, -0.25) is 4.79 Å². The van der Waals surface area contributed by atoms with Crippen LogP contribution in [-0.2, 0) is 15.0 Å². The molecule has 0 amide bonds. The predicted octanol–water partition coefficient (Wildman–Crippen LogP) is 2.31. The number of nitrogens with zero attached hydrogens (tertiary/aromatic N) is 2. The maximum absolute atomic E-state index is 12.9. The summed E-state index contributed by atoms with van der Waals surface area (Å²) in [6.45, 7) is 1.55. The van der Waals surface area contributed by atoms with Crippen LogP contribution in [0.3, 0.4) is 0 Å². The van der Waals surface area contributed by atoms with Crippen molar-refractivity contribution in [3.8, 4) is 0 Å². The van der Waals surface area contributed by atoms with Crippen LogP contribution in [-0.4, -0.2) is 55.5 Å². The van der Waals surface area contributed by atoms with Gasteiger partial charge >= 0.3 is 5.97 Å². The topological polar surface area (TPSA) is 89.9 Å². The van der Waals surface area contributed by atoms with E-state index in [4.69, 9.17) is 11.6 Å².